The van der Waals surface area contributed by atoms with Crippen molar-refractivity contribution in [2.75, 3.05) is 9.91 Å². The normalized spacial score (nSPS) is 19.8. The van der Waals surface area contributed by atoms with E-state index in [-0.39, 0.29) is 5.69 Å². The zero-order valence-electron chi connectivity index (χ0n) is 16.5. The van der Waals surface area contributed by atoms with Gasteiger partial charge in [0.05, 0.1) is 22.0 Å². The molecule has 2 heterocycles. The second-order valence-corrected chi connectivity index (χ2v) is 7.82. The van der Waals surface area contributed by atoms with Gasteiger partial charge in [-0.2, -0.15) is 5.10 Å². The third-order valence-corrected chi connectivity index (χ3v) is 5.75. The molecule has 1 saturated heterocycles. The molecule has 0 aliphatic carbocycles. The van der Waals surface area contributed by atoms with E-state index in [0.29, 0.717) is 27.7 Å². The summed E-state index contributed by atoms with van der Waals surface area (Å²) in [4.78, 5) is 38.6. The van der Waals surface area contributed by atoms with Crippen molar-refractivity contribution in [2.24, 2.45) is 11.0 Å². The number of amides is 2. The van der Waals surface area contributed by atoms with Gasteiger partial charge in [-0.3, -0.25) is 24.7 Å². The molecule has 0 unspecified atom stereocenters. The fraction of sp³-hybridized carbons (Fsp3) is 0.0870. The number of anilines is 2. The minimum atomic E-state index is -0.867. The average molecular weight is 447 g/mol. The van der Waals surface area contributed by atoms with Crippen LogP contribution in [0.15, 0.2) is 84.0 Å². The van der Waals surface area contributed by atoms with Gasteiger partial charge in [0.15, 0.2) is 0 Å². The first-order valence-electron chi connectivity index (χ1n) is 9.76. The van der Waals surface area contributed by atoms with Gasteiger partial charge >= 0.3 is 0 Å². The molecule has 1 fully saturated rings. The molecule has 0 bridgehead atoms. The van der Waals surface area contributed by atoms with Crippen LogP contribution in [0.2, 0.25) is 5.02 Å². The van der Waals surface area contributed by atoms with Crippen molar-refractivity contribution in [2.45, 2.75) is 6.04 Å². The van der Waals surface area contributed by atoms with E-state index < -0.39 is 28.7 Å². The van der Waals surface area contributed by atoms with Crippen molar-refractivity contribution in [1.82, 2.24) is 0 Å². The molecule has 5 rings (SSSR count). The lowest BCUT2D eigenvalue weighted by molar-refractivity contribution is -0.384. The van der Waals surface area contributed by atoms with E-state index in [1.54, 1.807) is 53.5 Å². The monoisotopic (exact) mass is 446 g/mol. The molecule has 8 nitrogen and oxygen atoms in total. The number of hydrogen-bond donors (Lipinski definition) is 0. The summed E-state index contributed by atoms with van der Waals surface area (Å²) in [5.74, 6) is -1.69. The van der Waals surface area contributed by atoms with Gasteiger partial charge < -0.3 is 0 Å². The maximum absolute atomic E-state index is 13.5. The molecule has 2 atom stereocenters. The maximum atomic E-state index is 13.5. The van der Waals surface area contributed by atoms with Gasteiger partial charge in [-0.25, -0.2) is 4.90 Å². The Morgan fingerprint density at radius 1 is 0.875 bits per heavy atom. The van der Waals surface area contributed by atoms with Crippen LogP contribution in [0.3, 0.4) is 0 Å². The number of nitrogens with zero attached hydrogens (tertiary/aromatic N) is 4. The van der Waals surface area contributed by atoms with Crippen LogP contribution in [0.5, 0.6) is 0 Å². The number of hydrogen-bond acceptors (Lipinski definition) is 6. The Bertz CT molecular complexity index is 1280. The molecule has 0 spiro atoms. The second-order valence-electron chi connectivity index (χ2n) is 7.38. The lowest BCUT2D eigenvalue weighted by atomic mass is 9.92. The van der Waals surface area contributed by atoms with E-state index in [9.17, 15) is 19.7 Å². The zero-order chi connectivity index (χ0) is 22.4. The van der Waals surface area contributed by atoms with Gasteiger partial charge in [0, 0.05) is 17.2 Å². The number of para-hydroxylation sites is 1. The molecule has 3 aromatic carbocycles. The number of carbonyl (C=O) groups excluding carboxylic acids is 2. The molecule has 32 heavy (non-hydrogen) atoms. The first-order valence-corrected chi connectivity index (χ1v) is 10.1. The number of hydrazone groups is 1. The maximum Gasteiger partial charge on any atom is 0.269 e. The molecule has 0 N–H and O–H groups in total. The Balaban J connectivity index is 1.62. The van der Waals surface area contributed by atoms with E-state index >= 15 is 0 Å². The standard InChI is InChI=1S/C23H15ClN4O4/c24-15-5-4-8-18(13-15)26-22(29)19-20(14-9-11-17(12-10-14)28(31)32)25-27(21(19)23(26)30)16-6-2-1-3-7-16/h1-13,19,21H/t19-,21-/m0/s1. The molecular weight excluding hydrogens is 432 g/mol. The molecule has 9 heteroatoms. The van der Waals surface area contributed by atoms with Crippen molar-refractivity contribution in [3.05, 3.63) is 99.6 Å². The fourth-order valence-electron chi connectivity index (χ4n) is 4.07. The highest BCUT2D eigenvalue weighted by Crippen LogP contribution is 2.39. The number of nitro benzene ring substituents is 1. The number of carbonyl (C=O) groups is 2. The zero-order valence-corrected chi connectivity index (χ0v) is 17.2. The van der Waals surface area contributed by atoms with Crippen LogP contribution in [0, 0.1) is 16.0 Å². The molecule has 2 aliphatic heterocycles. The Morgan fingerprint density at radius 2 is 1.56 bits per heavy atom. The summed E-state index contributed by atoms with van der Waals surface area (Å²) in [6.45, 7) is 0. The van der Waals surface area contributed by atoms with Crippen LogP contribution in [0.4, 0.5) is 17.1 Å². The molecule has 158 valence electrons. The number of fused-ring (bicyclic) bond motifs is 1. The van der Waals surface area contributed by atoms with E-state index in [4.69, 9.17) is 11.6 Å². The number of rotatable bonds is 4. The lowest BCUT2D eigenvalue weighted by Gasteiger charge is -2.22. The molecule has 2 amide bonds. The lowest BCUT2D eigenvalue weighted by Crippen LogP contribution is -2.39. The van der Waals surface area contributed by atoms with Gasteiger partial charge in [0.2, 0.25) is 5.91 Å². The highest BCUT2D eigenvalue weighted by Gasteiger charge is 2.57. The van der Waals surface area contributed by atoms with Crippen molar-refractivity contribution < 1.29 is 14.5 Å². The summed E-state index contributed by atoms with van der Waals surface area (Å²) in [5.41, 5.74) is 1.90. The number of benzene rings is 3. The average Bonchev–Trinajstić information content (AvgIpc) is 3.31. The molecule has 0 aromatic heterocycles. The Kier molecular flexibility index (Phi) is 4.71. The molecule has 2 aliphatic rings. The summed E-state index contributed by atoms with van der Waals surface area (Å²) in [6, 6.07) is 20.6. The number of halogens is 1. The van der Waals surface area contributed by atoms with Crippen molar-refractivity contribution in [1.29, 1.82) is 0 Å². The molecular formula is C23H15ClN4O4. The number of non-ortho nitro benzene ring substituents is 1. The minimum Gasteiger partial charge on any atom is -0.273 e. The van der Waals surface area contributed by atoms with E-state index in [1.165, 1.54) is 12.1 Å². The summed E-state index contributed by atoms with van der Waals surface area (Å²) >= 11 is 6.09. The van der Waals surface area contributed by atoms with Gasteiger partial charge in [0.1, 0.15) is 12.0 Å². The summed E-state index contributed by atoms with van der Waals surface area (Å²) < 4.78 is 0. The summed E-state index contributed by atoms with van der Waals surface area (Å²) in [5, 5.41) is 17.6. The third-order valence-electron chi connectivity index (χ3n) is 5.51. The highest BCUT2D eigenvalue weighted by molar-refractivity contribution is 6.35. The smallest absolute Gasteiger partial charge is 0.269 e. The van der Waals surface area contributed by atoms with Gasteiger partial charge in [-0.1, -0.05) is 35.9 Å². The largest absolute Gasteiger partial charge is 0.273 e. The SMILES string of the molecule is O=C1[C@H]2C(c3ccc([N+](=O)[O-])cc3)=NN(c3ccccc3)[C@@H]2C(=O)N1c1cccc(Cl)c1. The predicted octanol–water partition coefficient (Wildman–Crippen LogP) is 4.03. The third kappa shape index (κ3) is 3.12. The van der Waals surface area contributed by atoms with Crippen LogP contribution < -0.4 is 9.91 Å². The van der Waals surface area contributed by atoms with Crippen molar-refractivity contribution in [3.8, 4) is 0 Å². The van der Waals surface area contributed by atoms with Gasteiger partial charge in [-0.05, 0) is 48.0 Å². The van der Waals surface area contributed by atoms with E-state index in [1.807, 2.05) is 18.2 Å². The topological polar surface area (TPSA) is 96.1 Å². The van der Waals surface area contributed by atoms with Crippen LogP contribution in [-0.2, 0) is 9.59 Å². The second kappa shape index (κ2) is 7.58. The Hall–Kier alpha value is -4.04. The van der Waals surface area contributed by atoms with E-state index in [2.05, 4.69) is 5.10 Å². The van der Waals surface area contributed by atoms with Crippen LogP contribution >= 0.6 is 11.6 Å². The minimum absolute atomic E-state index is 0.0711. The predicted molar refractivity (Wildman–Crippen MR) is 120 cm³/mol. The quantitative estimate of drug-likeness (QED) is 0.342. The Morgan fingerprint density at radius 3 is 2.22 bits per heavy atom. The number of imide groups is 1. The fourth-order valence-corrected chi connectivity index (χ4v) is 4.25. The Labute approximate surface area is 187 Å². The molecule has 0 saturated carbocycles. The first kappa shape index (κ1) is 19.9. The number of nitro groups is 1. The van der Waals surface area contributed by atoms with Gasteiger partial charge in [0.25, 0.3) is 11.6 Å². The van der Waals surface area contributed by atoms with Crippen LogP contribution in [-0.4, -0.2) is 28.5 Å². The van der Waals surface area contributed by atoms with Crippen LogP contribution in [0.1, 0.15) is 5.56 Å². The van der Waals surface area contributed by atoms with Gasteiger partial charge in [-0.15, -0.1) is 0 Å². The van der Waals surface area contributed by atoms with E-state index in [0.717, 1.165) is 4.90 Å². The first-order chi connectivity index (χ1) is 15.5. The van der Waals surface area contributed by atoms with Crippen molar-refractivity contribution in [3.63, 3.8) is 0 Å². The van der Waals surface area contributed by atoms with Crippen LogP contribution in [0.25, 0.3) is 0 Å². The summed E-state index contributed by atoms with van der Waals surface area (Å²) in [6.07, 6.45) is 0. The van der Waals surface area contributed by atoms with Crippen molar-refractivity contribution >= 4 is 46.2 Å². The molecule has 3 aromatic rings. The summed E-state index contributed by atoms with van der Waals surface area (Å²) in [7, 11) is 0. The molecule has 0 radical (unpaired) electrons. The highest BCUT2D eigenvalue weighted by atomic mass is 35.5.